The Balaban J connectivity index is 1.58. The molecule has 1 saturated heterocycles. The van der Waals surface area contributed by atoms with Crippen LogP contribution in [-0.4, -0.2) is 24.6 Å². The molecule has 1 heterocycles. The summed E-state index contributed by atoms with van der Waals surface area (Å²) in [5.74, 6) is 5.66. The Morgan fingerprint density at radius 1 is 0.842 bits per heavy atom. The molecule has 0 unspecified atom stereocenters. The molecule has 1 aliphatic heterocycles. The highest BCUT2D eigenvalue weighted by atomic mass is 32.2. The first-order valence-corrected chi connectivity index (χ1v) is 9.49. The number of rotatable bonds is 4. The fourth-order valence-corrected chi connectivity index (χ4v) is 4.88. The van der Waals surface area contributed by atoms with Gasteiger partial charge in [0.2, 0.25) is 0 Å². The van der Waals surface area contributed by atoms with E-state index in [1.54, 1.807) is 0 Å². The van der Waals surface area contributed by atoms with E-state index in [-0.39, 0.29) is 0 Å². The summed E-state index contributed by atoms with van der Waals surface area (Å²) in [6.07, 6.45) is 8.69. The fourth-order valence-electron chi connectivity index (χ4n) is 3.67. The summed E-state index contributed by atoms with van der Waals surface area (Å²) in [6, 6.07) is 0. The molecular formula is C17H33NS. The largest absolute Gasteiger partial charge is 0.316 e. The third-order valence-corrected chi connectivity index (χ3v) is 6.33. The van der Waals surface area contributed by atoms with Gasteiger partial charge in [0.25, 0.3) is 0 Å². The van der Waals surface area contributed by atoms with Crippen LogP contribution < -0.4 is 5.32 Å². The summed E-state index contributed by atoms with van der Waals surface area (Å²) in [5, 5.41) is 3.77. The van der Waals surface area contributed by atoms with Crippen molar-refractivity contribution in [2.75, 3.05) is 24.6 Å². The van der Waals surface area contributed by atoms with Gasteiger partial charge in [-0.2, -0.15) is 11.8 Å². The number of thioether (sulfide) groups is 1. The molecule has 112 valence electrons. The standard InChI is InChI=1S/C17H33NS/c1-17(2,3)16-6-4-14(5-7-16)12-18-13-15-8-10-19-11-9-15/h14-16,18H,4-13H2,1-3H3. The Morgan fingerprint density at radius 3 is 1.89 bits per heavy atom. The van der Waals surface area contributed by atoms with Crippen molar-refractivity contribution < 1.29 is 0 Å². The molecule has 2 heteroatoms. The van der Waals surface area contributed by atoms with Crippen molar-refractivity contribution in [3.63, 3.8) is 0 Å². The lowest BCUT2D eigenvalue weighted by Gasteiger charge is -2.37. The van der Waals surface area contributed by atoms with Crippen LogP contribution in [0.5, 0.6) is 0 Å². The second kappa shape index (κ2) is 7.36. The van der Waals surface area contributed by atoms with Crippen LogP contribution in [0.15, 0.2) is 0 Å². The molecule has 1 nitrogen and oxygen atoms in total. The molecule has 0 amide bonds. The van der Waals surface area contributed by atoms with Crippen molar-refractivity contribution in [1.82, 2.24) is 5.32 Å². The Bertz CT molecular complexity index is 244. The zero-order valence-corrected chi connectivity index (χ0v) is 14.0. The van der Waals surface area contributed by atoms with E-state index in [2.05, 4.69) is 37.8 Å². The summed E-state index contributed by atoms with van der Waals surface area (Å²) in [6.45, 7) is 9.80. The maximum absolute atomic E-state index is 3.77. The Hall–Kier alpha value is 0.310. The van der Waals surface area contributed by atoms with Crippen LogP contribution in [0.2, 0.25) is 0 Å². The summed E-state index contributed by atoms with van der Waals surface area (Å²) >= 11 is 2.13. The third kappa shape index (κ3) is 5.30. The highest BCUT2D eigenvalue weighted by molar-refractivity contribution is 7.99. The first-order valence-electron chi connectivity index (χ1n) is 8.34. The molecule has 0 spiro atoms. The average molecular weight is 284 g/mol. The maximum Gasteiger partial charge on any atom is -0.00198 e. The summed E-state index contributed by atoms with van der Waals surface area (Å²) in [4.78, 5) is 0. The van der Waals surface area contributed by atoms with Gasteiger partial charge < -0.3 is 5.32 Å². The van der Waals surface area contributed by atoms with E-state index < -0.39 is 0 Å². The van der Waals surface area contributed by atoms with E-state index in [1.165, 1.54) is 63.1 Å². The third-order valence-electron chi connectivity index (χ3n) is 5.28. The highest BCUT2D eigenvalue weighted by Gasteiger charge is 2.29. The van der Waals surface area contributed by atoms with Gasteiger partial charge in [0.05, 0.1) is 0 Å². The second-order valence-electron chi connectivity index (χ2n) is 7.80. The molecule has 0 aromatic rings. The average Bonchev–Trinajstić information content (AvgIpc) is 2.39. The van der Waals surface area contributed by atoms with E-state index in [0.717, 1.165) is 17.8 Å². The van der Waals surface area contributed by atoms with Crippen molar-refractivity contribution in [3.8, 4) is 0 Å². The van der Waals surface area contributed by atoms with Crippen LogP contribution in [0.3, 0.4) is 0 Å². The van der Waals surface area contributed by atoms with Crippen LogP contribution in [0, 0.1) is 23.2 Å². The topological polar surface area (TPSA) is 12.0 Å². The quantitative estimate of drug-likeness (QED) is 0.811. The minimum Gasteiger partial charge on any atom is -0.316 e. The van der Waals surface area contributed by atoms with Gasteiger partial charge in [0.15, 0.2) is 0 Å². The van der Waals surface area contributed by atoms with E-state index in [1.807, 2.05) is 0 Å². The predicted molar refractivity (Wildman–Crippen MR) is 87.8 cm³/mol. The van der Waals surface area contributed by atoms with E-state index >= 15 is 0 Å². The first-order chi connectivity index (χ1) is 9.05. The van der Waals surface area contributed by atoms with Crippen LogP contribution in [0.1, 0.15) is 59.3 Å². The molecule has 2 rings (SSSR count). The molecule has 0 radical (unpaired) electrons. The van der Waals surface area contributed by atoms with Crippen molar-refractivity contribution >= 4 is 11.8 Å². The smallest absolute Gasteiger partial charge is 0.00198 e. The van der Waals surface area contributed by atoms with Gasteiger partial charge in [0, 0.05) is 0 Å². The molecule has 2 fully saturated rings. The lowest BCUT2D eigenvalue weighted by atomic mass is 9.70. The van der Waals surface area contributed by atoms with E-state index in [9.17, 15) is 0 Å². The van der Waals surface area contributed by atoms with Gasteiger partial charge in [-0.15, -0.1) is 0 Å². The molecule has 0 aromatic heterocycles. The molecular weight excluding hydrogens is 250 g/mol. The number of nitrogens with one attached hydrogen (secondary N) is 1. The van der Waals surface area contributed by atoms with Gasteiger partial charge in [-0.05, 0) is 86.3 Å². The lowest BCUT2D eigenvalue weighted by Crippen LogP contribution is -2.33. The van der Waals surface area contributed by atoms with Crippen molar-refractivity contribution in [3.05, 3.63) is 0 Å². The Morgan fingerprint density at radius 2 is 1.37 bits per heavy atom. The zero-order chi connectivity index (χ0) is 13.7. The maximum atomic E-state index is 3.77. The summed E-state index contributed by atoms with van der Waals surface area (Å²) in [5.41, 5.74) is 0.526. The Kier molecular flexibility index (Phi) is 6.08. The van der Waals surface area contributed by atoms with Gasteiger partial charge in [-0.25, -0.2) is 0 Å². The summed E-state index contributed by atoms with van der Waals surface area (Å²) in [7, 11) is 0. The monoisotopic (exact) mass is 283 g/mol. The highest BCUT2D eigenvalue weighted by Crippen LogP contribution is 2.39. The normalized spacial score (nSPS) is 30.5. The molecule has 0 aromatic carbocycles. The molecule has 1 N–H and O–H groups in total. The molecule has 2 aliphatic rings. The van der Waals surface area contributed by atoms with Gasteiger partial charge in [-0.1, -0.05) is 20.8 Å². The van der Waals surface area contributed by atoms with Gasteiger partial charge in [-0.3, -0.25) is 0 Å². The molecule has 1 saturated carbocycles. The van der Waals surface area contributed by atoms with E-state index in [0.29, 0.717) is 5.41 Å². The zero-order valence-electron chi connectivity index (χ0n) is 13.2. The minimum absolute atomic E-state index is 0.526. The SMILES string of the molecule is CC(C)(C)C1CCC(CNCC2CCSCC2)CC1. The van der Waals surface area contributed by atoms with Gasteiger partial charge in [0.1, 0.15) is 0 Å². The lowest BCUT2D eigenvalue weighted by molar-refractivity contribution is 0.148. The van der Waals surface area contributed by atoms with Crippen LogP contribution in [0.25, 0.3) is 0 Å². The van der Waals surface area contributed by atoms with Crippen molar-refractivity contribution in [2.24, 2.45) is 23.2 Å². The van der Waals surface area contributed by atoms with E-state index in [4.69, 9.17) is 0 Å². The number of hydrogen-bond acceptors (Lipinski definition) is 2. The van der Waals surface area contributed by atoms with Crippen molar-refractivity contribution in [2.45, 2.75) is 59.3 Å². The molecule has 0 atom stereocenters. The molecule has 0 bridgehead atoms. The molecule has 19 heavy (non-hydrogen) atoms. The minimum atomic E-state index is 0.526. The van der Waals surface area contributed by atoms with Gasteiger partial charge >= 0.3 is 0 Å². The predicted octanol–water partition coefficient (Wildman–Crippen LogP) is 4.57. The van der Waals surface area contributed by atoms with Crippen LogP contribution in [-0.2, 0) is 0 Å². The Labute approximate surface area is 124 Å². The number of hydrogen-bond donors (Lipinski definition) is 1. The first kappa shape index (κ1) is 15.7. The van der Waals surface area contributed by atoms with Crippen LogP contribution >= 0.6 is 11.8 Å². The van der Waals surface area contributed by atoms with Crippen LogP contribution in [0.4, 0.5) is 0 Å². The fraction of sp³-hybridized carbons (Fsp3) is 1.00. The second-order valence-corrected chi connectivity index (χ2v) is 9.02. The summed E-state index contributed by atoms with van der Waals surface area (Å²) < 4.78 is 0. The molecule has 1 aliphatic carbocycles. The van der Waals surface area contributed by atoms with Crippen molar-refractivity contribution in [1.29, 1.82) is 0 Å².